The summed E-state index contributed by atoms with van der Waals surface area (Å²) < 4.78 is 28.6. The molecule has 6 heteroatoms. The second-order valence-corrected chi connectivity index (χ2v) is 4.40. The van der Waals surface area contributed by atoms with Crippen LogP contribution in [0, 0.1) is 5.82 Å². The molecule has 0 radical (unpaired) electrons. The van der Waals surface area contributed by atoms with Crippen molar-refractivity contribution >= 4 is 6.29 Å². The molecule has 1 N–H and O–H groups in total. The van der Waals surface area contributed by atoms with Gasteiger partial charge in [0.15, 0.2) is 0 Å². The molecule has 1 rings (SSSR count). The lowest BCUT2D eigenvalue weighted by Gasteiger charge is -2.16. The minimum Gasteiger partial charge on any atom is -0.491 e. The van der Waals surface area contributed by atoms with Crippen molar-refractivity contribution < 1.29 is 28.5 Å². The maximum atomic E-state index is 13.1. The lowest BCUT2D eigenvalue weighted by atomic mass is 10.2. The van der Waals surface area contributed by atoms with Gasteiger partial charge in [0, 0.05) is 18.7 Å². The number of carbonyl (C=O) groups excluding carboxylic acids is 1. The second-order valence-electron chi connectivity index (χ2n) is 4.40. The van der Waals surface area contributed by atoms with Crippen LogP contribution in [-0.2, 0) is 9.47 Å². The molecule has 0 saturated heterocycles. The Hall–Kier alpha value is -1.50. The lowest BCUT2D eigenvalue weighted by molar-refractivity contribution is -0.0423. The molecule has 0 aliphatic carbocycles. The molecule has 20 heavy (non-hydrogen) atoms. The highest BCUT2D eigenvalue weighted by atomic mass is 19.1. The van der Waals surface area contributed by atoms with Gasteiger partial charge in [0.1, 0.15) is 30.6 Å². The van der Waals surface area contributed by atoms with Crippen molar-refractivity contribution in [1.29, 1.82) is 0 Å². The number of methoxy groups -OCH3 is 1. The Morgan fingerprint density at radius 2 is 2.05 bits per heavy atom. The minimum atomic E-state index is -0.850. The number of hydrogen-bond acceptors (Lipinski definition) is 5. The molecule has 0 saturated carbocycles. The Kier molecular flexibility index (Phi) is 7.14. The van der Waals surface area contributed by atoms with Gasteiger partial charge in [-0.2, -0.15) is 0 Å². The monoisotopic (exact) mass is 286 g/mol. The normalized spacial score (nSPS) is 13.8. The summed E-state index contributed by atoms with van der Waals surface area (Å²) >= 11 is 0. The molecular formula is C14H19FO5. The molecule has 0 heterocycles. The summed E-state index contributed by atoms with van der Waals surface area (Å²) in [5, 5.41) is 9.67. The van der Waals surface area contributed by atoms with E-state index in [9.17, 15) is 14.3 Å². The molecule has 0 aliphatic heterocycles. The fraction of sp³-hybridized carbons (Fsp3) is 0.500. The van der Waals surface area contributed by atoms with Crippen molar-refractivity contribution in [3.63, 3.8) is 0 Å². The first-order valence-corrected chi connectivity index (χ1v) is 6.22. The molecular weight excluding hydrogens is 267 g/mol. The molecule has 2 unspecified atom stereocenters. The predicted molar refractivity (Wildman–Crippen MR) is 70.6 cm³/mol. The zero-order chi connectivity index (χ0) is 15.0. The molecule has 5 nitrogen and oxygen atoms in total. The van der Waals surface area contributed by atoms with Gasteiger partial charge < -0.3 is 19.3 Å². The second kappa shape index (κ2) is 8.63. The van der Waals surface area contributed by atoms with Crippen LogP contribution in [0.25, 0.3) is 0 Å². The van der Waals surface area contributed by atoms with Crippen LogP contribution in [0.5, 0.6) is 5.75 Å². The molecule has 0 spiro atoms. The first-order valence-electron chi connectivity index (χ1n) is 6.22. The minimum absolute atomic E-state index is 0.0541. The Morgan fingerprint density at radius 3 is 2.70 bits per heavy atom. The molecule has 0 bridgehead atoms. The number of benzene rings is 1. The Balaban J connectivity index is 2.38. The van der Waals surface area contributed by atoms with Gasteiger partial charge in [-0.05, 0) is 19.1 Å². The Bertz CT molecular complexity index is 424. The van der Waals surface area contributed by atoms with Crippen LogP contribution in [0.3, 0.4) is 0 Å². The van der Waals surface area contributed by atoms with Crippen molar-refractivity contribution in [3.05, 3.63) is 29.6 Å². The van der Waals surface area contributed by atoms with E-state index in [1.54, 1.807) is 7.11 Å². The summed E-state index contributed by atoms with van der Waals surface area (Å²) in [7, 11) is 1.56. The van der Waals surface area contributed by atoms with Gasteiger partial charge in [-0.15, -0.1) is 0 Å². The van der Waals surface area contributed by atoms with E-state index in [-0.39, 0.29) is 30.6 Å². The first kappa shape index (κ1) is 16.6. The molecule has 1 aromatic rings. The van der Waals surface area contributed by atoms with Crippen molar-refractivity contribution in [2.24, 2.45) is 0 Å². The largest absolute Gasteiger partial charge is 0.491 e. The van der Waals surface area contributed by atoms with E-state index in [0.717, 1.165) is 12.1 Å². The van der Waals surface area contributed by atoms with Gasteiger partial charge in [0.05, 0.1) is 19.3 Å². The van der Waals surface area contributed by atoms with Crippen LogP contribution in [0.1, 0.15) is 17.3 Å². The van der Waals surface area contributed by atoms with Crippen molar-refractivity contribution in [3.8, 4) is 5.75 Å². The first-order chi connectivity index (χ1) is 9.55. The zero-order valence-corrected chi connectivity index (χ0v) is 11.5. The molecule has 0 aliphatic rings. The van der Waals surface area contributed by atoms with E-state index in [2.05, 4.69) is 0 Å². The van der Waals surface area contributed by atoms with Crippen LogP contribution in [0.15, 0.2) is 18.2 Å². The highest BCUT2D eigenvalue weighted by molar-refractivity contribution is 5.75. The van der Waals surface area contributed by atoms with Gasteiger partial charge in [-0.3, -0.25) is 4.79 Å². The zero-order valence-electron chi connectivity index (χ0n) is 11.5. The van der Waals surface area contributed by atoms with Crippen molar-refractivity contribution in [1.82, 2.24) is 0 Å². The average molecular weight is 286 g/mol. The van der Waals surface area contributed by atoms with Gasteiger partial charge in [0.25, 0.3) is 0 Å². The van der Waals surface area contributed by atoms with Crippen LogP contribution in [-0.4, -0.2) is 50.5 Å². The number of hydrogen-bond donors (Lipinski definition) is 1. The van der Waals surface area contributed by atoms with Crippen LogP contribution in [0.2, 0.25) is 0 Å². The maximum Gasteiger partial charge on any atom is 0.150 e. The number of ether oxygens (including phenoxy) is 3. The van der Waals surface area contributed by atoms with E-state index >= 15 is 0 Å². The van der Waals surface area contributed by atoms with E-state index in [0.29, 0.717) is 12.9 Å². The third kappa shape index (κ3) is 6.10. The van der Waals surface area contributed by atoms with E-state index < -0.39 is 11.9 Å². The van der Waals surface area contributed by atoms with E-state index in [1.807, 2.05) is 6.92 Å². The Labute approximate surface area is 117 Å². The standard InChI is InChI=1S/C14H19FO5/c1-10(7-18-2)19-8-13(17)9-20-14-4-11(6-16)3-12(15)5-14/h3-6,10,13,17H,7-9H2,1-2H3. The molecule has 2 atom stereocenters. The highest BCUT2D eigenvalue weighted by Crippen LogP contribution is 2.15. The van der Waals surface area contributed by atoms with Crippen LogP contribution in [0.4, 0.5) is 4.39 Å². The van der Waals surface area contributed by atoms with Crippen molar-refractivity contribution in [2.45, 2.75) is 19.1 Å². The quantitative estimate of drug-likeness (QED) is 0.696. The average Bonchev–Trinajstić information content (AvgIpc) is 2.42. The summed E-state index contributed by atoms with van der Waals surface area (Å²) in [6.45, 7) is 2.28. The topological polar surface area (TPSA) is 65.0 Å². The molecule has 0 amide bonds. The van der Waals surface area contributed by atoms with Gasteiger partial charge >= 0.3 is 0 Å². The summed E-state index contributed by atoms with van der Waals surface area (Å²) in [6.07, 6.45) is -0.454. The smallest absolute Gasteiger partial charge is 0.150 e. The maximum absolute atomic E-state index is 13.1. The molecule has 112 valence electrons. The summed E-state index contributed by atoms with van der Waals surface area (Å²) in [4.78, 5) is 10.6. The van der Waals surface area contributed by atoms with Crippen molar-refractivity contribution in [2.75, 3.05) is 26.9 Å². The van der Waals surface area contributed by atoms with E-state index in [1.165, 1.54) is 6.07 Å². The van der Waals surface area contributed by atoms with Crippen LogP contribution >= 0.6 is 0 Å². The third-order valence-corrected chi connectivity index (χ3v) is 2.45. The summed E-state index contributed by atoms with van der Waals surface area (Å²) in [5.41, 5.74) is 0.180. The fourth-order valence-corrected chi connectivity index (χ4v) is 1.53. The van der Waals surface area contributed by atoms with E-state index in [4.69, 9.17) is 14.2 Å². The van der Waals surface area contributed by atoms with Gasteiger partial charge in [0.2, 0.25) is 0 Å². The summed E-state index contributed by atoms with van der Waals surface area (Å²) in [5.74, 6) is -0.375. The number of aliphatic hydroxyl groups is 1. The molecule has 0 fully saturated rings. The van der Waals surface area contributed by atoms with Gasteiger partial charge in [-0.1, -0.05) is 0 Å². The van der Waals surface area contributed by atoms with Crippen LogP contribution < -0.4 is 4.74 Å². The molecule has 1 aromatic carbocycles. The lowest BCUT2D eigenvalue weighted by Crippen LogP contribution is -2.27. The SMILES string of the molecule is COCC(C)OCC(O)COc1cc(F)cc(C=O)c1. The Morgan fingerprint density at radius 1 is 1.30 bits per heavy atom. The molecule has 0 aromatic heterocycles. The fourth-order valence-electron chi connectivity index (χ4n) is 1.53. The highest BCUT2D eigenvalue weighted by Gasteiger charge is 2.10. The number of rotatable bonds is 9. The van der Waals surface area contributed by atoms with Gasteiger partial charge in [-0.25, -0.2) is 4.39 Å². The third-order valence-electron chi connectivity index (χ3n) is 2.45. The summed E-state index contributed by atoms with van der Waals surface area (Å²) in [6, 6.07) is 3.65. The predicted octanol–water partition coefficient (Wildman–Crippen LogP) is 1.43. The number of aliphatic hydroxyl groups excluding tert-OH is 1. The number of aldehydes is 1. The number of carbonyl (C=O) groups is 1. The number of halogens is 1.